The number of esters is 1. The predicted molar refractivity (Wildman–Crippen MR) is 98.4 cm³/mol. The molecule has 26 heavy (non-hydrogen) atoms. The molecule has 4 heteroatoms. The molecule has 4 aliphatic carbocycles. The predicted octanol–water partition coefficient (Wildman–Crippen LogP) is 3.26. The zero-order chi connectivity index (χ0) is 17.5. The van der Waals surface area contributed by atoms with Crippen molar-refractivity contribution in [2.45, 2.75) is 50.9 Å². The largest absolute Gasteiger partial charge is 0.460 e. The lowest BCUT2D eigenvalue weighted by molar-refractivity contribution is -0.187. The van der Waals surface area contributed by atoms with E-state index < -0.39 is 6.10 Å². The number of rotatable bonds is 4. The maximum absolute atomic E-state index is 12.8. The Bertz CT molecular complexity index is 618. The average Bonchev–Trinajstić information content (AvgIpc) is 2.65. The molecule has 0 amide bonds. The Kier molecular flexibility index (Phi) is 4.49. The molecule has 1 atom stereocenters. The van der Waals surface area contributed by atoms with Gasteiger partial charge in [0.2, 0.25) is 0 Å². The van der Waals surface area contributed by atoms with Gasteiger partial charge in [-0.2, -0.15) is 0 Å². The van der Waals surface area contributed by atoms with Crippen LogP contribution in [0.4, 0.5) is 0 Å². The second kappa shape index (κ2) is 6.97. The smallest absolute Gasteiger partial charge is 0.336 e. The zero-order valence-corrected chi connectivity index (χ0v) is 15.4. The molecule has 1 aromatic rings. The van der Waals surface area contributed by atoms with E-state index in [4.69, 9.17) is 9.47 Å². The van der Waals surface area contributed by atoms with Crippen molar-refractivity contribution in [3.8, 4) is 0 Å². The Labute approximate surface area is 155 Å². The molecule has 6 rings (SSSR count). The first kappa shape index (κ1) is 16.8. The molecular formula is C22H29NO3. The Balaban J connectivity index is 1.19. The van der Waals surface area contributed by atoms with Crippen molar-refractivity contribution in [2.75, 3.05) is 19.7 Å². The van der Waals surface area contributed by atoms with Crippen LogP contribution in [0.1, 0.15) is 37.7 Å². The summed E-state index contributed by atoms with van der Waals surface area (Å²) in [6, 6.07) is 10.4. The molecule has 1 unspecified atom stereocenters. The van der Waals surface area contributed by atoms with E-state index in [0.29, 0.717) is 25.0 Å². The lowest BCUT2D eigenvalue weighted by atomic mass is 9.55. The van der Waals surface area contributed by atoms with Crippen LogP contribution in [-0.2, 0) is 20.8 Å². The third kappa shape index (κ3) is 3.29. The molecule has 0 N–H and O–H groups in total. The Morgan fingerprint density at radius 2 is 1.73 bits per heavy atom. The summed E-state index contributed by atoms with van der Waals surface area (Å²) in [7, 11) is 0. The van der Waals surface area contributed by atoms with Gasteiger partial charge in [0.05, 0.1) is 6.61 Å². The molecular weight excluding hydrogens is 326 g/mol. The first-order chi connectivity index (χ1) is 12.7. The van der Waals surface area contributed by atoms with Crippen molar-refractivity contribution in [1.82, 2.24) is 4.90 Å². The van der Waals surface area contributed by atoms with Crippen LogP contribution in [0, 0.1) is 23.7 Å². The molecule has 0 spiro atoms. The lowest BCUT2D eigenvalue weighted by Gasteiger charge is -2.53. The topological polar surface area (TPSA) is 38.8 Å². The van der Waals surface area contributed by atoms with Gasteiger partial charge in [0.25, 0.3) is 0 Å². The number of morpholine rings is 1. The summed E-state index contributed by atoms with van der Waals surface area (Å²) in [4.78, 5) is 15.1. The van der Waals surface area contributed by atoms with Crippen molar-refractivity contribution in [3.05, 3.63) is 35.9 Å². The summed E-state index contributed by atoms with van der Waals surface area (Å²) in [5.74, 6) is 2.90. The van der Waals surface area contributed by atoms with Gasteiger partial charge in [-0.3, -0.25) is 4.90 Å². The van der Waals surface area contributed by atoms with Gasteiger partial charge < -0.3 is 9.47 Å². The van der Waals surface area contributed by atoms with Crippen LogP contribution >= 0.6 is 0 Å². The summed E-state index contributed by atoms with van der Waals surface area (Å²) < 4.78 is 11.9. The van der Waals surface area contributed by atoms with E-state index in [1.807, 2.05) is 6.07 Å². The molecule has 5 fully saturated rings. The van der Waals surface area contributed by atoms with Crippen LogP contribution in [0.2, 0.25) is 0 Å². The minimum atomic E-state index is -0.426. The summed E-state index contributed by atoms with van der Waals surface area (Å²) in [5, 5.41) is 0. The number of nitrogens with zero attached hydrogens (tertiary/aromatic N) is 1. The number of ether oxygens (including phenoxy) is 2. The Morgan fingerprint density at radius 1 is 1.04 bits per heavy atom. The maximum atomic E-state index is 12.8. The van der Waals surface area contributed by atoms with E-state index in [-0.39, 0.29) is 12.1 Å². The van der Waals surface area contributed by atoms with Crippen LogP contribution in [0.3, 0.4) is 0 Å². The molecule has 4 saturated carbocycles. The van der Waals surface area contributed by atoms with Crippen LogP contribution in [0.5, 0.6) is 0 Å². The third-order valence-corrected chi connectivity index (χ3v) is 7.05. The Morgan fingerprint density at radius 3 is 2.42 bits per heavy atom. The minimum Gasteiger partial charge on any atom is -0.460 e. The van der Waals surface area contributed by atoms with E-state index in [2.05, 4.69) is 29.2 Å². The van der Waals surface area contributed by atoms with Gasteiger partial charge in [0, 0.05) is 19.6 Å². The van der Waals surface area contributed by atoms with E-state index in [9.17, 15) is 4.79 Å². The number of hydrogen-bond acceptors (Lipinski definition) is 4. The van der Waals surface area contributed by atoms with Gasteiger partial charge in [-0.25, -0.2) is 4.79 Å². The standard InChI is InChI=1S/C22H29NO3/c24-22(26-21-18-9-16-8-17(11-18)12-19(21)10-16)20-14-23(6-7-25-20)13-15-4-2-1-3-5-15/h1-5,16-21H,6-14H2. The second-order valence-electron chi connectivity index (χ2n) is 8.91. The fourth-order valence-electron chi connectivity index (χ4n) is 6.11. The van der Waals surface area contributed by atoms with E-state index >= 15 is 0 Å². The van der Waals surface area contributed by atoms with Crippen LogP contribution < -0.4 is 0 Å². The van der Waals surface area contributed by atoms with Crippen molar-refractivity contribution in [3.63, 3.8) is 0 Å². The fourth-order valence-corrected chi connectivity index (χ4v) is 6.11. The number of carbonyl (C=O) groups excluding carboxylic acids is 1. The van der Waals surface area contributed by atoms with Crippen molar-refractivity contribution < 1.29 is 14.3 Å². The van der Waals surface area contributed by atoms with Gasteiger partial charge in [-0.15, -0.1) is 0 Å². The zero-order valence-electron chi connectivity index (χ0n) is 15.4. The number of benzene rings is 1. The molecule has 140 valence electrons. The Hall–Kier alpha value is -1.39. The quantitative estimate of drug-likeness (QED) is 0.777. The molecule has 1 aromatic carbocycles. The van der Waals surface area contributed by atoms with Gasteiger partial charge >= 0.3 is 5.97 Å². The molecule has 1 heterocycles. The maximum Gasteiger partial charge on any atom is 0.336 e. The van der Waals surface area contributed by atoms with Crippen molar-refractivity contribution in [2.24, 2.45) is 23.7 Å². The molecule has 1 aliphatic heterocycles. The summed E-state index contributed by atoms with van der Waals surface area (Å²) >= 11 is 0. The molecule has 5 aliphatic rings. The van der Waals surface area contributed by atoms with Crippen LogP contribution in [0.25, 0.3) is 0 Å². The number of carbonyl (C=O) groups is 1. The molecule has 0 radical (unpaired) electrons. The highest BCUT2D eigenvalue weighted by Crippen LogP contribution is 2.54. The second-order valence-corrected chi connectivity index (χ2v) is 8.91. The van der Waals surface area contributed by atoms with E-state index in [0.717, 1.165) is 24.9 Å². The lowest BCUT2D eigenvalue weighted by Crippen LogP contribution is -2.52. The van der Waals surface area contributed by atoms with Crippen molar-refractivity contribution in [1.29, 1.82) is 0 Å². The van der Waals surface area contributed by atoms with E-state index in [1.165, 1.54) is 37.7 Å². The van der Waals surface area contributed by atoms with Gasteiger partial charge in [-0.1, -0.05) is 30.3 Å². The highest BCUT2D eigenvalue weighted by Gasteiger charge is 2.50. The van der Waals surface area contributed by atoms with Gasteiger partial charge in [-0.05, 0) is 61.3 Å². The van der Waals surface area contributed by atoms with Crippen LogP contribution in [-0.4, -0.2) is 42.8 Å². The van der Waals surface area contributed by atoms with E-state index in [1.54, 1.807) is 0 Å². The summed E-state index contributed by atoms with van der Waals surface area (Å²) in [6.07, 6.45) is 6.25. The minimum absolute atomic E-state index is 0.125. The SMILES string of the molecule is O=C(OC1C2CC3CC(C2)CC1C3)C1CN(Cc2ccccc2)CCO1. The van der Waals surface area contributed by atoms with Crippen LogP contribution in [0.15, 0.2) is 30.3 Å². The molecule has 1 saturated heterocycles. The number of hydrogen-bond donors (Lipinski definition) is 0. The van der Waals surface area contributed by atoms with Gasteiger partial charge in [0.15, 0.2) is 6.10 Å². The average molecular weight is 355 g/mol. The van der Waals surface area contributed by atoms with Gasteiger partial charge in [0.1, 0.15) is 6.10 Å². The third-order valence-electron chi connectivity index (χ3n) is 7.05. The molecule has 4 nitrogen and oxygen atoms in total. The fraction of sp³-hybridized carbons (Fsp3) is 0.682. The molecule has 0 aromatic heterocycles. The van der Waals surface area contributed by atoms with Crippen molar-refractivity contribution >= 4 is 5.97 Å². The monoisotopic (exact) mass is 355 g/mol. The summed E-state index contributed by atoms with van der Waals surface area (Å²) in [5.41, 5.74) is 1.28. The molecule has 4 bridgehead atoms. The first-order valence-corrected chi connectivity index (χ1v) is 10.3. The highest BCUT2D eigenvalue weighted by atomic mass is 16.6. The highest BCUT2D eigenvalue weighted by molar-refractivity contribution is 5.75. The normalized spacial score (nSPS) is 39.1. The summed E-state index contributed by atoms with van der Waals surface area (Å²) in [6.45, 7) is 2.98. The first-order valence-electron chi connectivity index (χ1n) is 10.3.